The third kappa shape index (κ3) is 7.63. The number of benzene rings is 2. The molecule has 256 valence electrons. The van der Waals surface area contributed by atoms with Crippen LogP contribution in [0.15, 0.2) is 42.5 Å². The molecule has 0 N–H and O–H groups in total. The van der Waals surface area contributed by atoms with E-state index in [1.807, 2.05) is 0 Å². The van der Waals surface area contributed by atoms with E-state index >= 15 is 4.79 Å². The molecule has 4 aliphatic rings. The summed E-state index contributed by atoms with van der Waals surface area (Å²) in [6.07, 6.45) is 11.9. The Morgan fingerprint density at radius 2 is 1.51 bits per heavy atom. The summed E-state index contributed by atoms with van der Waals surface area (Å²) in [7, 11) is -2.01. The SMILES string of the molecule is COc1ccc(C23CCC(CN(C(=O)C4(O[Si](C)(C)C(C)(C)C)CCCCC4)c4cccc(C#C[Si](C)(C)C)c4)(CC2)CC3)cc1C. The molecule has 0 saturated heterocycles. The molecule has 4 fully saturated rings. The number of rotatable bonds is 8. The van der Waals surface area contributed by atoms with Crippen LogP contribution < -0.4 is 9.64 Å². The highest BCUT2D eigenvalue weighted by Crippen LogP contribution is 2.58. The van der Waals surface area contributed by atoms with Crippen molar-refractivity contribution in [3.05, 3.63) is 59.2 Å². The van der Waals surface area contributed by atoms with Crippen LogP contribution in [0, 0.1) is 23.8 Å². The molecule has 47 heavy (non-hydrogen) atoms. The van der Waals surface area contributed by atoms with Crippen molar-refractivity contribution in [3.8, 4) is 17.2 Å². The summed E-state index contributed by atoms with van der Waals surface area (Å²) < 4.78 is 12.9. The van der Waals surface area contributed by atoms with Crippen molar-refractivity contribution >= 4 is 28.0 Å². The molecule has 4 nitrogen and oxygen atoms in total. The van der Waals surface area contributed by atoms with E-state index in [2.05, 4.69) is 119 Å². The van der Waals surface area contributed by atoms with E-state index in [1.54, 1.807) is 7.11 Å². The molecular formula is C41H61NO3Si2. The summed E-state index contributed by atoms with van der Waals surface area (Å²) in [6.45, 7) is 21.3. The van der Waals surface area contributed by atoms with E-state index in [-0.39, 0.29) is 21.8 Å². The number of nitrogens with zero attached hydrogens (tertiary/aromatic N) is 1. The van der Waals surface area contributed by atoms with Gasteiger partial charge in [-0.25, -0.2) is 0 Å². The van der Waals surface area contributed by atoms with Gasteiger partial charge in [0.1, 0.15) is 19.4 Å². The summed E-state index contributed by atoms with van der Waals surface area (Å²) in [5.41, 5.74) is 7.82. The average Bonchev–Trinajstić information content (AvgIpc) is 3.03. The molecule has 0 radical (unpaired) electrons. The Kier molecular flexibility index (Phi) is 10.1. The highest BCUT2D eigenvalue weighted by molar-refractivity contribution is 6.83. The standard InChI is InChI=1S/C41H61NO3Si2/c1-32-29-34(17-18-36(32)44-5)40-25-22-39(23-26-40,24-27-40)31-42(35-16-14-15-33(30-35)19-28-46(6,7)8)37(43)41(20-12-11-13-21-41)45-47(9,10)38(2,3)4/h14-18,29-30H,11-13,20-27,31H2,1-10H3. The Balaban J connectivity index is 1.50. The van der Waals surface area contributed by atoms with Gasteiger partial charge in [0, 0.05) is 17.8 Å². The zero-order valence-corrected chi connectivity index (χ0v) is 33.2. The van der Waals surface area contributed by atoms with E-state index in [0.717, 1.165) is 68.5 Å². The fraction of sp³-hybridized carbons (Fsp3) is 0.634. The van der Waals surface area contributed by atoms with Gasteiger partial charge in [0.15, 0.2) is 8.32 Å². The highest BCUT2D eigenvalue weighted by atomic mass is 28.4. The number of fused-ring (bicyclic) bond motifs is 3. The number of methoxy groups -OCH3 is 1. The van der Waals surface area contributed by atoms with Crippen LogP contribution in [0.3, 0.4) is 0 Å². The predicted molar refractivity (Wildman–Crippen MR) is 203 cm³/mol. The highest BCUT2D eigenvalue weighted by Gasteiger charge is 2.54. The van der Waals surface area contributed by atoms with Crippen molar-refractivity contribution in [1.82, 2.24) is 0 Å². The van der Waals surface area contributed by atoms with Gasteiger partial charge in [0.25, 0.3) is 5.91 Å². The van der Waals surface area contributed by atoms with Crippen molar-refractivity contribution < 1.29 is 14.0 Å². The number of aryl methyl sites for hydroxylation is 1. The first-order chi connectivity index (χ1) is 21.9. The van der Waals surface area contributed by atoms with Crippen LogP contribution in [-0.2, 0) is 14.6 Å². The first-order valence-electron chi connectivity index (χ1n) is 18.2. The van der Waals surface area contributed by atoms with Crippen LogP contribution in [0.5, 0.6) is 5.75 Å². The van der Waals surface area contributed by atoms with Crippen LogP contribution in [0.2, 0.25) is 37.8 Å². The molecule has 0 unspecified atom stereocenters. The zero-order valence-electron chi connectivity index (χ0n) is 31.2. The second-order valence-corrected chi connectivity index (χ2v) is 27.3. The summed E-state index contributed by atoms with van der Waals surface area (Å²) in [6, 6.07) is 15.4. The Bertz CT molecular complexity index is 1490. The molecule has 2 aromatic rings. The van der Waals surface area contributed by atoms with E-state index in [0.29, 0.717) is 0 Å². The summed E-state index contributed by atoms with van der Waals surface area (Å²) in [4.78, 5) is 17.6. The predicted octanol–water partition coefficient (Wildman–Crippen LogP) is 10.6. The number of hydrogen-bond donors (Lipinski definition) is 0. The van der Waals surface area contributed by atoms with Crippen molar-refractivity contribution in [3.63, 3.8) is 0 Å². The monoisotopic (exact) mass is 671 g/mol. The largest absolute Gasteiger partial charge is 0.496 e. The molecule has 0 spiro atoms. The molecule has 6 heteroatoms. The molecular weight excluding hydrogens is 611 g/mol. The van der Waals surface area contributed by atoms with Crippen molar-refractivity contribution in [1.29, 1.82) is 0 Å². The summed E-state index contributed by atoms with van der Waals surface area (Å²) >= 11 is 0. The lowest BCUT2D eigenvalue weighted by Gasteiger charge is -2.56. The van der Waals surface area contributed by atoms with Crippen molar-refractivity contribution in [2.75, 3.05) is 18.6 Å². The van der Waals surface area contributed by atoms with Gasteiger partial charge in [-0.2, -0.15) is 0 Å². The van der Waals surface area contributed by atoms with Gasteiger partial charge in [-0.1, -0.05) is 83.8 Å². The minimum atomic E-state index is -2.22. The van der Waals surface area contributed by atoms with E-state index in [1.165, 1.54) is 36.8 Å². The Labute approximate surface area is 288 Å². The van der Waals surface area contributed by atoms with Crippen LogP contribution >= 0.6 is 0 Å². The molecule has 4 saturated carbocycles. The van der Waals surface area contributed by atoms with E-state index < -0.39 is 22.0 Å². The van der Waals surface area contributed by atoms with E-state index in [9.17, 15) is 0 Å². The second kappa shape index (κ2) is 13.2. The number of hydrogen-bond acceptors (Lipinski definition) is 3. The molecule has 0 aromatic heterocycles. The third-order valence-electron chi connectivity index (χ3n) is 12.2. The molecule has 2 bridgehead atoms. The van der Waals surface area contributed by atoms with Gasteiger partial charge >= 0.3 is 0 Å². The van der Waals surface area contributed by atoms with Crippen LogP contribution in [0.4, 0.5) is 5.69 Å². The Morgan fingerprint density at radius 1 is 0.872 bits per heavy atom. The fourth-order valence-corrected chi connectivity index (χ4v) is 10.2. The van der Waals surface area contributed by atoms with Crippen LogP contribution in [-0.4, -0.2) is 41.6 Å². The molecule has 6 rings (SSSR count). The first-order valence-corrected chi connectivity index (χ1v) is 24.6. The van der Waals surface area contributed by atoms with E-state index in [4.69, 9.17) is 9.16 Å². The first kappa shape index (κ1) is 36.0. The third-order valence-corrected chi connectivity index (χ3v) is 17.6. The lowest BCUT2D eigenvalue weighted by Crippen LogP contribution is -2.60. The van der Waals surface area contributed by atoms with Gasteiger partial charge in [0.05, 0.1) is 7.11 Å². The number of amides is 1. The maximum atomic E-state index is 15.4. The average molecular weight is 672 g/mol. The van der Waals surface area contributed by atoms with Crippen LogP contribution in [0.1, 0.15) is 108 Å². The molecule has 2 aromatic carbocycles. The Morgan fingerprint density at radius 3 is 2.06 bits per heavy atom. The molecule has 4 aliphatic carbocycles. The minimum absolute atomic E-state index is 0.0312. The van der Waals surface area contributed by atoms with Gasteiger partial charge in [-0.3, -0.25) is 4.79 Å². The fourth-order valence-electron chi connectivity index (χ4n) is 8.14. The topological polar surface area (TPSA) is 38.8 Å². The minimum Gasteiger partial charge on any atom is -0.496 e. The van der Waals surface area contributed by atoms with Gasteiger partial charge in [-0.15, -0.1) is 5.54 Å². The van der Waals surface area contributed by atoms with Gasteiger partial charge in [-0.05, 0) is 123 Å². The molecule has 0 heterocycles. The summed E-state index contributed by atoms with van der Waals surface area (Å²) in [5.74, 6) is 4.64. The maximum absolute atomic E-state index is 15.4. The lowest BCUT2D eigenvalue weighted by molar-refractivity contribution is -0.139. The second-order valence-electron chi connectivity index (χ2n) is 17.8. The molecule has 1 amide bonds. The van der Waals surface area contributed by atoms with Crippen molar-refractivity contribution in [2.45, 2.75) is 147 Å². The molecule has 0 atom stereocenters. The quantitative estimate of drug-likeness (QED) is 0.207. The van der Waals surface area contributed by atoms with Crippen molar-refractivity contribution in [2.24, 2.45) is 5.41 Å². The maximum Gasteiger partial charge on any atom is 0.258 e. The number of carbonyl (C=O) groups excluding carboxylic acids is 1. The van der Waals surface area contributed by atoms with Gasteiger partial charge in [0.2, 0.25) is 0 Å². The lowest BCUT2D eigenvalue weighted by atomic mass is 9.51. The normalized spacial score (nSPS) is 24.3. The molecule has 0 aliphatic heterocycles. The van der Waals surface area contributed by atoms with Gasteiger partial charge < -0.3 is 14.1 Å². The number of anilines is 1. The number of carbonyl (C=O) groups is 1. The smallest absolute Gasteiger partial charge is 0.258 e. The Hall–Kier alpha value is -2.34. The van der Waals surface area contributed by atoms with Crippen LogP contribution in [0.25, 0.3) is 0 Å². The zero-order chi connectivity index (χ0) is 34.3. The summed E-state index contributed by atoms with van der Waals surface area (Å²) in [5, 5.41) is 0.0312. The number of ether oxygens (including phenoxy) is 1.